The number of fused-ring (bicyclic) bond motifs is 5. The third-order valence-electron chi connectivity index (χ3n) is 5.26. The molecule has 0 saturated carbocycles. The Labute approximate surface area is 150 Å². The number of amides is 2. The number of imidazole rings is 1. The molecule has 8 heteroatoms. The van der Waals surface area contributed by atoms with Gasteiger partial charge in [-0.3, -0.25) is 14.0 Å². The molecule has 0 unspecified atom stereocenters. The highest BCUT2D eigenvalue weighted by molar-refractivity contribution is 7.15. The Kier molecular flexibility index (Phi) is 4.24. The summed E-state index contributed by atoms with van der Waals surface area (Å²) in [6.45, 7) is 4.07. The van der Waals surface area contributed by atoms with E-state index in [1.165, 1.54) is 11.3 Å². The lowest BCUT2D eigenvalue weighted by atomic mass is 9.94. The van der Waals surface area contributed by atoms with Gasteiger partial charge in [-0.2, -0.15) is 0 Å². The number of thiazole rings is 1. The van der Waals surface area contributed by atoms with E-state index in [4.69, 9.17) is 4.74 Å². The standard InChI is InChI=1S/C17H22N4O3S/c1-11-14(21-6-8-25-17(21)18-11)16(23)19-9-12-3-4-13(10-19)20(15(12)22)5-7-24-2/h6,8,12-13H,3-5,7,9-10H2,1-2H3/t12-,13+/m1/s1. The highest BCUT2D eigenvalue weighted by Gasteiger charge is 2.42. The van der Waals surface area contributed by atoms with Gasteiger partial charge in [0.2, 0.25) is 5.91 Å². The number of piperidine rings is 1. The number of carbonyl (C=O) groups is 2. The average Bonchev–Trinajstić information content (AvgIpc) is 3.02. The van der Waals surface area contributed by atoms with Gasteiger partial charge in [0.25, 0.3) is 5.91 Å². The van der Waals surface area contributed by atoms with Crippen molar-refractivity contribution in [2.75, 3.05) is 33.4 Å². The zero-order valence-electron chi connectivity index (χ0n) is 14.5. The molecular formula is C17H22N4O3S. The first kappa shape index (κ1) is 16.5. The van der Waals surface area contributed by atoms with Gasteiger partial charge in [-0.15, -0.1) is 11.3 Å². The first-order chi connectivity index (χ1) is 12.1. The highest BCUT2D eigenvalue weighted by atomic mass is 32.1. The van der Waals surface area contributed by atoms with Crippen LogP contribution >= 0.6 is 11.3 Å². The van der Waals surface area contributed by atoms with Crippen molar-refractivity contribution in [1.82, 2.24) is 19.2 Å². The van der Waals surface area contributed by atoms with Crippen LogP contribution in [0.2, 0.25) is 0 Å². The van der Waals surface area contributed by atoms with E-state index >= 15 is 0 Å². The number of carbonyl (C=O) groups excluding carboxylic acids is 2. The molecular weight excluding hydrogens is 340 g/mol. The third kappa shape index (κ3) is 2.73. The Morgan fingerprint density at radius 3 is 3.04 bits per heavy atom. The van der Waals surface area contributed by atoms with Gasteiger partial charge >= 0.3 is 0 Å². The van der Waals surface area contributed by atoms with Crippen molar-refractivity contribution in [2.24, 2.45) is 5.92 Å². The van der Waals surface area contributed by atoms with E-state index < -0.39 is 0 Å². The number of rotatable bonds is 4. The van der Waals surface area contributed by atoms with E-state index in [1.807, 2.05) is 32.7 Å². The van der Waals surface area contributed by atoms with Gasteiger partial charge in [0.05, 0.1) is 18.2 Å². The van der Waals surface area contributed by atoms with Crippen molar-refractivity contribution in [2.45, 2.75) is 25.8 Å². The monoisotopic (exact) mass is 362 g/mol. The van der Waals surface area contributed by atoms with Gasteiger partial charge in [0, 0.05) is 44.4 Å². The van der Waals surface area contributed by atoms with Crippen LogP contribution in [-0.4, -0.2) is 70.4 Å². The van der Waals surface area contributed by atoms with Crippen LogP contribution in [0.4, 0.5) is 0 Å². The molecule has 134 valence electrons. The Bertz CT molecular complexity index is 814. The smallest absolute Gasteiger partial charge is 0.272 e. The fourth-order valence-electron chi connectivity index (χ4n) is 3.99. The van der Waals surface area contributed by atoms with Crippen molar-refractivity contribution in [3.8, 4) is 0 Å². The fraction of sp³-hybridized carbons (Fsp3) is 0.588. The summed E-state index contributed by atoms with van der Waals surface area (Å²) in [4.78, 5) is 35.0. The number of hydrogen-bond acceptors (Lipinski definition) is 5. The van der Waals surface area contributed by atoms with Crippen molar-refractivity contribution in [1.29, 1.82) is 0 Å². The Balaban J connectivity index is 1.61. The van der Waals surface area contributed by atoms with Gasteiger partial charge in [-0.1, -0.05) is 0 Å². The predicted octanol–water partition coefficient (Wildman–Crippen LogP) is 1.41. The van der Waals surface area contributed by atoms with Crippen molar-refractivity contribution >= 4 is 28.1 Å². The predicted molar refractivity (Wildman–Crippen MR) is 93.8 cm³/mol. The van der Waals surface area contributed by atoms with E-state index in [2.05, 4.69) is 4.98 Å². The van der Waals surface area contributed by atoms with Crippen molar-refractivity contribution in [3.63, 3.8) is 0 Å². The van der Waals surface area contributed by atoms with E-state index in [9.17, 15) is 9.59 Å². The molecule has 7 nitrogen and oxygen atoms in total. The summed E-state index contributed by atoms with van der Waals surface area (Å²) in [5.41, 5.74) is 1.37. The lowest BCUT2D eigenvalue weighted by Crippen LogP contribution is -2.49. The summed E-state index contributed by atoms with van der Waals surface area (Å²) in [5.74, 6) is 0.0294. The van der Waals surface area contributed by atoms with Gasteiger partial charge in [0.15, 0.2) is 4.96 Å². The number of aryl methyl sites for hydroxylation is 1. The second-order valence-electron chi connectivity index (χ2n) is 6.76. The normalized spacial score (nSPS) is 23.5. The van der Waals surface area contributed by atoms with Crippen LogP contribution < -0.4 is 0 Å². The first-order valence-corrected chi connectivity index (χ1v) is 9.49. The molecule has 0 aliphatic carbocycles. The summed E-state index contributed by atoms with van der Waals surface area (Å²) in [7, 11) is 1.64. The largest absolute Gasteiger partial charge is 0.383 e. The number of methoxy groups -OCH3 is 1. The molecule has 3 fully saturated rings. The van der Waals surface area contributed by atoms with Crippen LogP contribution in [0.5, 0.6) is 0 Å². The summed E-state index contributed by atoms with van der Waals surface area (Å²) in [6, 6.07) is 0.0801. The quantitative estimate of drug-likeness (QED) is 0.825. The number of nitrogens with zero attached hydrogens (tertiary/aromatic N) is 4. The Hall–Kier alpha value is -1.93. The molecule has 3 aliphatic heterocycles. The Morgan fingerprint density at radius 1 is 1.40 bits per heavy atom. The SMILES string of the molecule is COCCN1C(=O)[C@@H]2CC[C@H]1CN(C(=O)c1c(C)nc3sccn13)C2. The molecule has 2 bridgehead atoms. The molecule has 0 spiro atoms. The van der Waals surface area contributed by atoms with E-state index in [0.29, 0.717) is 31.9 Å². The molecule has 0 radical (unpaired) electrons. The van der Waals surface area contributed by atoms with Gasteiger partial charge in [-0.05, 0) is 19.8 Å². The van der Waals surface area contributed by atoms with Crippen LogP contribution in [-0.2, 0) is 9.53 Å². The zero-order chi connectivity index (χ0) is 17.6. The molecule has 2 atom stereocenters. The van der Waals surface area contributed by atoms with Crippen LogP contribution in [0, 0.1) is 12.8 Å². The molecule has 3 aliphatic rings. The number of ether oxygens (including phenoxy) is 1. The molecule has 25 heavy (non-hydrogen) atoms. The summed E-state index contributed by atoms with van der Waals surface area (Å²) in [5, 5.41) is 1.93. The second-order valence-corrected chi connectivity index (χ2v) is 7.64. The topological polar surface area (TPSA) is 67.2 Å². The summed E-state index contributed by atoms with van der Waals surface area (Å²) in [6.07, 6.45) is 3.69. The van der Waals surface area contributed by atoms with Crippen LogP contribution in [0.3, 0.4) is 0 Å². The fourth-order valence-corrected chi connectivity index (χ4v) is 4.75. The van der Waals surface area contributed by atoms with Gasteiger partial charge in [0.1, 0.15) is 5.69 Å². The molecule has 2 amide bonds. The maximum absolute atomic E-state index is 13.2. The molecule has 3 saturated heterocycles. The Morgan fingerprint density at radius 2 is 2.24 bits per heavy atom. The maximum Gasteiger partial charge on any atom is 0.272 e. The average molecular weight is 362 g/mol. The van der Waals surface area contributed by atoms with E-state index in [0.717, 1.165) is 23.5 Å². The minimum atomic E-state index is -0.106. The second kappa shape index (κ2) is 6.42. The molecule has 0 N–H and O–H groups in total. The minimum absolute atomic E-state index is 0.0262. The molecule has 2 aromatic rings. The maximum atomic E-state index is 13.2. The third-order valence-corrected chi connectivity index (χ3v) is 6.01. The lowest BCUT2D eigenvalue weighted by Gasteiger charge is -2.35. The van der Waals surface area contributed by atoms with Crippen LogP contribution in [0.1, 0.15) is 29.0 Å². The van der Waals surface area contributed by atoms with Crippen molar-refractivity contribution in [3.05, 3.63) is 23.0 Å². The van der Waals surface area contributed by atoms with Crippen LogP contribution in [0.25, 0.3) is 4.96 Å². The first-order valence-electron chi connectivity index (χ1n) is 8.61. The lowest BCUT2D eigenvalue weighted by molar-refractivity contribution is -0.140. The number of hydrogen-bond donors (Lipinski definition) is 0. The zero-order valence-corrected chi connectivity index (χ0v) is 15.3. The van der Waals surface area contributed by atoms with E-state index in [-0.39, 0.29) is 23.8 Å². The molecule has 5 heterocycles. The summed E-state index contributed by atoms with van der Waals surface area (Å²) < 4.78 is 7.01. The highest BCUT2D eigenvalue weighted by Crippen LogP contribution is 2.30. The summed E-state index contributed by atoms with van der Waals surface area (Å²) >= 11 is 1.52. The van der Waals surface area contributed by atoms with Gasteiger partial charge in [-0.25, -0.2) is 4.98 Å². The van der Waals surface area contributed by atoms with Crippen LogP contribution in [0.15, 0.2) is 11.6 Å². The van der Waals surface area contributed by atoms with Crippen molar-refractivity contribution < 1.29 is 14.3 Å². The minimum Gasteiger partial charge on any atom is -0.383 e. The van der Waals surface area contributed by atoms with E-state index in [1.54, 1.807) is 7.11 Å². The molecule has 2 aromatic heterocycles. The molecule has 0 aromatic carbocycles. The number of aromatic nitrogens is 2. The molecule has 5 rings (SSSR count). The van der Waals surface area contributed by atoms with Gasteiger partial charge < -0.3 is 14.5 Å².